The molecule has 3 heterocycles. The Morgan fingerprint density at radius 3 is 2.47 bits per heavy atom. The standard InChI is InChI=1S/C23H24FN7O/c1-16-20(9-10-26-2)28-22(31(16)19-6-4-18(24)5-7-19)17-3-8-21(27-15-17)29-11-13-30(14-12-29)23(25)32/h3-10,15H,2,11-14H2,1H3,(H2,25,32)/b10-9-. The minimum atomic E-state index is -0.396. The van der Waals surface area contributed by atoms with Crippen LogP contribution in [0.2, 0.25) is 0 Å². The average molecular weight is 433 g/mol. The first-order valence-corrected chi connectivity index (χ1v) is 10.2. The number of nitrogens with zero attached hydrogens (tertiary/aromatic N) is 6. The van der Waals surface area contributed by atoms with Gasteiger partial charge in [-0.15, -0.1) is 0 Å². The molecule has 164 valence electrons. The van der Waals surface area contributed by atoms with Crippen molar-refractivity contribution in [1.29, 1.82) is 0 Å². The fourth-order valence-electron chi connectivity index (χ4n) is 3.76. The lowest BCUT2D eigenvalue weighted by atomic mass is 10.2. The number of primary amides is 1. The molecular weight excluding hydrogens is 409 g/mol. The quantitative estimate of drug-likeness (QED) is 0.625. The molecule has 0 aliphatic carbocycles. The Morgan fingerprint density at radius 2 is 1.88 bits per heavy atom. The number of benzene rings is 1. The molecule has 32 heavy (non-hydrogen) atoms. The van der Waals surface area contributed by atoms with Gasteiger partial charge in [-0.05, 0) is 56.1 Å². The van der Waals surface area contributed by atoms with Crippen molar-refractivity contribution < 1.29 is 9.18 Å². The molecule has 2 N–H and O–H groups in total. The summed E-state index contributed by atoms with van der Waals surface area (Å²) in [4.78, 5) is 28.2. The second-order valence-electron chi connectivity index (χ2n) is 7.43. The number of carbonyl (C=O) groups is 1. The molecule has 2 aromatic heterocycles. The normalized spacial score (nSPS) is 14.2. The van der Waals surface area contributed by atoms with Gasteiger partial charge in [0.1, 0.15) is 17.5 Å². The second kappa shape index (κ2) is 9.01. The Balaban J connectivity index is 1.67. The van der Waals surface area contributed by atoms with E-state index in [0.717, 1.165) is 28.5 Å². The zero-order valence-electron chi connectivity index (χ0n) is 17.8. The van der Waals surface area contributed by atoms with Crippen molar-refractivity contribution in [2.45, 2.75) is 6.92 Å². The van der Waals surface area contributed by atoms with E-state index >= 15 is 0 Å². The van der Waals surface area contributed by atoms with E-state index in [0.29, 0.717) is 32.0 Å². The predicted molar refractivity (Wildman–Crippen MR) is 123 cm³/mol. The summed E-state index contributed by atoms with van der Waals surface area (Å²) < 4.78 is 15.5. The third-order valence-electron chi connectivity index (χ3n) is 5.49. The first-order chi connectivity index (χ1) is 15.5. The number of urea groups is 1. The van der Waals surface area contributed by atoms with Crippen molar-refractivity contribution in [1.82, 2.24) is 19.4 Å². The van der Waals surface area contributed by atoms with Crippen LogP contribution in [-0.2, 0) is 0 Å². The van der Waals surface area contributed by atoms with Crippen molar-refractivity contribution >= 4 is 24.6 Å². The second-order valence-corrected chi connectivity index (χ2v) is 7.43. The molecule has 0 spiro atoms. The minimum Gasteiger partial charge on any atom is -0.353 e. The van der Waals surface area contributed by atoms with Crippen LogP contribution in [0, 0.1) is 12.7 Å². The van der Waals surface area contributed by atoms with E-state index in [4.69, 9.17) is 10.7 Å². The molecule has 1 aliphatic heterocycles. The fourth-order valence-corrected chi connectivity index (χ4v) is 3.76. The molecule has 9 heteroatoms. The average Bonchev–Trinajstić information content (AvgIpc) is 3.14. The van der Waals surface area contributed by atoms with Crippen molar-refractivity contribution in [3.8, 4) is 17.1 Å². The number of aliphatic imine (C=N–C) groups is 1. The van der Waals surface area contributed by atoms with Gasteiger partial charge >= 0.3 is 6.03 Å². The van der Waals surface area contributed by atoms with Crippen LogP contribution in [0.1, 0.15) is 11.4 Å². The monoisotopic (exact) mass is 433 g/mol. The van der Waals surface area contributed by atoms with Gasteiger partial charge in [0.05, 0.1) is 5.69 Å². The Bertz CT molecular complexity index is 1140. The highest BCUT2D eigenvalue weighted by Gasteiger charge is 2.21. The van der Waals surface area contributed by atoms with Crippen LogP contribution in [0.4, 0.5) is 15.0 Å². The molecule has 4 rings (SSSR count). The summed E-state index contributed by atoms with van der Waals surface area (Å²) in [6.45, 7) is 7.90. The Hall–Kier alpha value is -4.01. The van der Waals surface area contributed by atoms with E-state index in [1.54, 1.807) is 35.5 Å². The summed E-state index contributed by atoms with van der Waals surface area (Å²) in [7, 11) is 0. The minimum absolute atomic E-state index is 0.300. The van der Waals surface area contributed by atoms with E-state index in [1.807, 2.05) is 23.6 Å². The van der Waals surface area contributed by atoms with E-state index in [2.05, 4.69) is 21.6 Å². The molecule has 1 aliphatic rings. The maximum absolute atomic E-state index is 13.5. The van der Waals surface area contributed by atoms with Gasteiger partial charge in [-0.3, -0.25) is 9.56 Å². The molecule has 0 radical (unpaired) electrons. The van der Waals surface area contributed by atoms with Crippen LogP contribution in [0.15, 0.2) is 53.8 Å². The summed E-state index contributed by atoms with van der Waals surface area (Å²) in [6, 6.07) is 9.78. The summed E-state index contributed by atoms with van der Waals surface area (Å²) >= 11 is 0. The number of pyridine rings is 1. The number of hydrogen-bond acceptors (Lipinski definition) is 5. The van der Waals surface area contributed by atoms with Crippen molar-refractivity contribution in [2.75, 3.05) is 31.1 Å². The molecule has 3 aromatic rings. The van der Waals surface area contributed by atoms with Gasteiger partial charge in [0.2, 0.25) is 0 Å². The Labute approximate surface area is 185 Å². The maximum Gasteiger partial charge on any atom is 0.314 e. The van der Waals surface area contributed by atoms with E-state index in [1.165, 1.54) is 12.1 Å². The molecule has 8 nitrogen and oxygen atoms in total. The molecule has 1 saturated heterocycles. The summed E-state index contributed by atoms with van der Waals surface area (Å²) in [5.74, 6) is 1.22. The summed E-state index contributed by atoms with van der Waals surface area (Å²) in [5.41, 5.74) is 8.60. The number of carbonyl (C=O) groups excluding carboxylic acids is 1. The number of imidazole rings is 1. The largest absolute Gasteiger partial charge is 0.353 e. The van der Waals surface area contributed by atoms with E-state index < -0.39 is 6.03 Å². The summed E-state index contributed by atoms with van der Waals surface area (Å²) in [5, 5.41) is 0. The molecule has 0 atom stereocenters. The topological polar surface area (TPSA) is 92.6 Å². The Kier molecular flexibility index (Phi) is 5.98. The van der Waals surface area contributed by atoms with Gasteiger partial charge in [-0.2, -0.15) is 0 Å². The van der Waals surface area contributed by atoms with Gasteiger partial charge < -0.3 is 15.5 Å². The lowest BCUT2D eigenvalue weighted by molar-refractivity contribution is 0.204. The van der Waals surface area contributed by atoms with Crippen molar-refractivity contribution in [3.05, 3.63) is 66.0 Å². The van der Waals surface area contributed by atoms with E-state index in [9.17, 15) is 9.18 Å². The molecule has 2 amide bonds. The molecule has 0 unspecified atom stereocenters. The summed E-state index contributed by atoms with van der Waals surface area (Å²) in [6.07, 6.45) is 5.14. The third kappa shape index (κ3) is 4.22. The number of rotatable bonds is 5. The third-order valence-corrected chi connectivity index (χ3v) is 5.49. The predicted octanol–water partition coefficient (Wildman–Crippen LogP) is 3.25. The zero-order valence-corrected chi connectivity index (χ0v) is 17.8. The van der Waals surface area contributed by atoms with Crippen LogP contribution >= 0.6 is 0 Å². The first-order valence-electron chi connectivity index (χ1n) is 10.2. The number of amides is 2. The van der Waals surface area contributed by atoms with Gasteiger partial charge in [-0.25, -0.2) is 19.2 Å². The maximum atomic E-state index is 13.5. The lowest BCUT2D eigenvalue weighted by Gasteiger charge is -2.34. The molecule has 1 fully saturated rings. The van der Waals surface area contributed by atoms with Crippen molar-refractivity contribution in [3.63, 3.8) is 0 Å². The van der Waals surface area contributed by atoms with Crippen LogP contribution in [0.5, 0.6) is 0 Å². The fraction of sp³-hybridized carbons (Fsp3) is 0.217. The lowest BCUT2D eigenvalue weighted by Crippen LogP contribution is -2.50. The highest BCUT2D eigenvalue weighted by Crippen LogP contribution is 2.28. The number of anilines is 1. The zero-order chi connectivity index (χ0) is 22.7. The van der Waals surface area contributed by atoms with Gasteiger partial charge in [0.25, 0.3) is 0 Å². The molecule has 1 aromatic carbocycles. The molecular formula is C23H24FN7O. The highest BCUT2D eigenvalue weighted by atomic mass is 19.1. The van der Waals surface area contributed by atoms with Gasteiger partial charge in [0, 0.05) is 55.5 Å². The van der Waals surface area contributed by atoms with E-state index in [-0.39, 0.29) is 5.82 Å². The number of aromatic nitrogens is 3. The highest BCUT2D eigenvalue weighted by molar-refractivity contribution is 5.72. The number of halogens is 1. The van der Waals surface area contributed by atoms with Crippen LogP contribution < -0.4 is 10.6 Å². The Morgan fingerprint density at radius 1 is 1.16 bits per heavy atom. The van der Waals surface area contributed by atoms with Crippen LogP contribution in [0.3, 0.4) is 0 Å². The molecule has 0 saturated carbocycles. The SMILES string of the molecule is C=N/C=C\c1nc(-c2ccc(N3CCN(C(N)=O)CC3)nc2)n(-c2ccc(F)cc2)c1C. The van der Waals surface area contributed by atoms with Gasteiger partial charge in [-0.1, -0.05) is 0 Å². The number of nitrogens with two attached hydrogens (primary N) is 1. The van der Waals surface area contributed by atoms with Crippen LogP contribution in [-0.4, -0.2) is 58.4 Å². The number of piperazine rings is 1. The first kappa shape index (κ1) is 21.2. The molecule has 0 bridgehead atoms. The smallest absolute Gasteiger partial charge is 0.314 e. The van der Waals surface area contributed by atoms with Gasteiger partial charge in [0.15, 0.2) is 0 Å². The van der Waals surface area contributed by atoms with Crippen molar-refractivity contribution in [2.24, 2.45) is 10.7 Å². The number of hydrogen-bond donors (Lipinski definition) is 1. The van der Waals surface area contributed by atoms with Crippen LogP contribution in [0.25, 0.3) is 23.2 Å².